The van der Waals surface area contributed by atoms with Gasteiger partial charge in [-0.2, -0.15) is 0 Å². The number of hydrogen-bond acceptors (Lipinski definition) is 5. The average Bonchev–Trinajstić information content (AvgIpc) is 2.96. The summed E-state index contributed by atoms with van der Waals surface area (Å²) in [5.74, 6) is 0.281. The van der Waals surface area contributed by atoms with Gasteiger partial charge in [-0.05, 0) is 30.0 Å². The molecule has 0 spiro atoms. The number of carbonyl (C=O) groups is 2. The Kier molecular flexibility index (Phi) is 4.01. The summed E-state index contributed by atoms with van der Waals surface area (Å²) in [7, 11) is 1.47. The number of primary amides is 1. The molecule has 0 aliphatic carbocycles. The van der Waals surface area contributed by atoms with E-state index in [4.69, 9.17) is 15.2 Å². The maximum Gasteiger partial charge on any atom is 0.252 e. The molecule has 2 amide bonds. The molecule has 1 aliphatic rings. The van der Waals surface area contributed by atoms with Gasteiger partial charge in [0.1, 0.15) is 12.4 Å². The number of nitrogens with one attached hydrogen (secondary N) is 1. The summed E-state index contributed by atoms with van der Waals surface area (Å²) in [4.78, 5) is 26.9. The monoisotopic (exact) mass is 315 g/mol. The quantitative estimate of drug-likeness (QED) is 0.856. The number of rotatable bonds is 5. The van der Waals surface area contributed by atoms with Gasteiger partial charge < -0.3 is 20.5 Å². The number of amides is 2. The van der Waals surface area contributed by atoms with Crippen LogP contribution in [0.1, 0.15) is 23.2 Å². The van der Waals surface area contributed by atoms with E-state index in [1.807, 2.05) is 0 Å². The number of nitrogens with two attached hydrogens (primary N) is 1. The molecule has 1 saturated heterocycles. The van der Waals surface area contributed by atoms with E-state index >= 15 is 0 Å². The van der Waals surface area contributed by atoms with E-state index in [1.54, 1.807) is 24.4 Å². The van der Waals surface area contributed by atoms with Gasteiger partial charge >= 0.3 is 0 Å². The predicted octanol–water partition coefficient (Wildman–Crippen LogP) is 1.000. The molecule has 1 aliphatic heterocycles. The smallest absolute Gasteiger partial charge is 0.252 e. The lowest BCUT2D eigenvalue weighted by atomic mass is 10.1. The Hall–Kier alpha value is -2.83. The standard InChI is InChI=1S/C16H17N3O4/c1-22-13-7-11-9(6-12(13)15(17)21)4-5-18-16(11)23-8-10-2-3-14(20)19-10/h4-7,10H,2-3,8H2,1H3,(H2,17,21)(H,19,20)/t10-/m1/s1. The van der Waals surface area contributed by atoms with E-state index in [0.29, 0.717) is 30.2 Å². The minimum atomic E-state index is -0.559. The SMILES string of the molecule is COc1cc2c(OC[C@H]3CCC(=O)N3)nccc2cc1C(N)=O. The lowest BCUT2D eigenvalue weighted by Crippen LogP contribution is -2.31. The molecule has 0 saturated carbocycles. The van der Waals surface area contributed by atoms with Gasteiger partial charge in [-0.3, -0.25) is 9.59 Å². The maximum atomic E-state index is 11.5. The Balaban J connectivity index is 1.91. The van der Waals surface area contributed by atoms with Gasteiger partial charge in [0.2, 0.25) is 11.8 Å². The molecule has 0 unspecified atom stereocenters. The third-order valence-corrected chi connectivity index (χ3v) is 3.82. The van der Waals surface area contributed by atoms with Crippen molar-refractivity contribution in [2.75, 3.05) is 13.7 Å². The van der Waals surface area contributed by atoms with Crippen molar-refractivity contribution in [1.82, 2.24) is 10.3 Å². The number of benzene rings is 1. The van der Waals surface area contributed by atoms with Crippen molar-refractivity contribution in [1.29, 1.82) is 0 Å². The lowest BCUT2D eigenvalue weighted by molar-refractivity contribution is -0.119. The molecule has 0 bridgehead atoms. The third kappa shape index (κ3) is 3.03. The van der Waals surface area contributed by atoms with Crippen LogP contribution in [-0.2, 0) is 4.79 Å². The Labute approximate surface area is 132 Å². The van der Waals surface area contributed by atoms with Gasteiger partial charge in [0.25, 0.3) is 5.91 Å². The summed E-state index contributed by atoms with van der Waals surface area (Å²) >= 11 is 0. The van der Waals surface area contributed by atoms with Crippen molar-refractivity contribution in [3.8, 4) is 11.6 Å². The highest BCUT2D eigenvalue weighted by molar-refractivity contribution is 6.01. The number of methoxy groups -OCH3 is 1. The van der Waals surface area contributed by atoms with Gasteiger partial charge in [0.05, 0.1) is 18.7 Å². The number of aromatic nitrogens is 1. The van der Waals surface area contributed by atoms with Crippen molar-refractivity contribution in [2.45, 2.75) is 18.9 Å². The topological polar surface area (TPSA) is 104 Å². The molecule has 3 rings (SSSR count). The lowest BCUT2D eigenvalue weighted by Gasteiger charge is -2.14. The molecule has 0 radical (unpaired) electrons. The summed E-state index contributed by atoms with van der Waals surface area (Å²) in [5, 5.41) is 4.34. The molecule has 23 heavy (non-hydrogen) atoms. The van der Waals surface area contributed by atoms with Gasteiger partial charge in [0, 0.05) is 18.0 Å². The van der Waals surface area contributed by atoms with Crippen molar-refractivity contribution in [2.24, 2.45) is 5.73 Å². The van der Waals surface area contributed by atoms with Crippen LogP contribution in [-0.4, -0.2) is 36.6 Å². The van der Waals surface area contributed by atoms with Crippen molar-refractivity contribution >= 4 is 22.6 Å². The second-order valence-corrected chi connectivity index (χ2v) is 5.37. The summed E-state index contributed by atoms with van der Waals surface area (Å²) < 4.78 is 11.0. The second kappa shape index (κ2) is 6.12. The maximum absolute atomic E-state index is 11.5. The molecule has 3 N–H and O–H groups in total. The van der Waals surface area contributed by atoms with Crippen LogP contribution in [0.15, 0.2) is 24.4 Å². The van der Waals surface area contributed by atoms with Crippen molar-refractivity contribution < 1.29 is 19.1 Å². The Morgan fingerprint density at radius 1 is 1.48 bits per heavy atom. The molecule has 2 aromatic rings. The first kappa shape index (κ1) is 15.1. The van der Waals surface area contributed by atoms with E-state index in [0.717, 1.165) is 17.2 Å². The van der Waals surface area contributed by atoms with Crippen LogP contribution in [0.3, 0.4) is 0 Å². The van der Waals surface area contributed by atoms with Crippen LogP contribution in [0.2, 0.25) is 0 Å². The minimum absolute atomic E-state index is 0.00801. The molecule has 7 heteroatoms. The van der Waals surface area contributed by atoms with E-state index in [9.17, 15) is 9.59 Å². The third-order valence-electron chi connectivity index (χ3n) is 3.82. The highest BCUT2D eigenvalue weighted by Crippen LogP contribution is 2.30. The zero-order valence-electron chi connectivity index (χ0n) is 12.7. The molecule has 1 aromatic carbocycles. The van der Waals surface area contributed by atoms with Gasteiger partial charge in [-0.25, -0.2) is 4.98 Å². The zero-order valence-corrected chi connectivity index (χ0v) is 12.7. The molecule has 1 aromatic heterocycles. The first-order chi connectivity index (χ1) is 11.1. The molecule has 2 heterocycles. The van der Waals surface area contributed by atoms with Gasteiger partial charge in [-0.1, -0.05) is 0 Å². The number of ether oxygens (including phenoxy) is 2. The second-order valence-electron chi connectivity index (χ2n) is 5.37. The first-order valence-electron chi connectivity index (χ1n) is 7.27. The van der Waals surface area contributed by atoms with Crippen LogP contribution in [0, 0.1) is 0 Å². The summed E-state index contributed by atoms with van der Waals surface area (Å²) in [6, 6.07) is 5.10. The number of pyridine rings is 1. The number of carbonyl (C=O) groups excluding carboxylic acids is 2. The fourth-order valence-corrected chi connectivity index (χ4v) is 2.63. The number of hydrogen-bond donors (Lipinski definition) is 2. The molecule has 1 fully saturated rings. The predicted molar refractivity (Wildman–Crippen MR) is 83.5 cm³/mol. The number of nitrogens with zero attached hydrogens (tertiary/aromatic N) is 1. The Morgan fingerprint density at radius 3 is 2.96 bits per heavy atom. The van der Waals surface area contributed by atoms with Crippen LogP contribution in [0.4, 0.5) is 0 Å². The van der Waals surface area contributed by atoms with Crippen molar-refractivity contribution in [3.05, 3.63) is 30.0 Å². The fourth-order valence-electron chi connectivity index (χ4n) is 2.63. The van der Waals surface area contributed by atoms with E-state index in [1.165, 1.54) is 7.11 Å². The number of fused-ring (bicyclic) bond motifs is 1. The summed E-state index contributed by atoms with van der Waals surface area (Å²) in [6.07, 6.45) is 2.87. The van der Waals surface area contributed by atoms with Crippen LogP contribution < -0.4 is 20.5 Å². The zero-order chi connectivity index (χ0) is 16.4. The van der Waals surface area contributed by atoms with Crippen LogP contribution >= 0.6 is 0 Å². The first-order valence-corrected chi connectivity index (χ1v) is 7.27. The molecular formula is C16H17N3O4. The highest BCUT2D eigenvalue weighted by Gasteiger charge is 2.22. The van der Waals surface area contributed by atoms with Crippen LogP contribution in [0.5, 0.6) is 11.6 Å². The van der Waals surface area contributed by atoms with Gasteiger partial charge in [0.15, 0.2) is 0 Å². The van der Waals surface area contributed by atoms with Gasteiger partial charge in [-0.15, -0.1) is 0 Å². The van der Waals surface area contributed by atoms with E-state index in [2.05, 4.69) is 10.3 Å². The minimum Gasteiger partial charge on any atom is -0.496 e. The molecule has 120 valence electrons. The van der Waals surface area contributed by atoms with E-state index < -0.39 is 5.91 Å². The van der Waals surface area contributed by atoms with Crippen molar-refractivity contribution in [3.63, 3.8) is 0 Å². The molecule has 7 nitrogen and oxygen atoms in total. The van der Waals surface area contributed by atoms with Crippen LogP contribution in [0.25, 0.3) is 10.8 Å². The molecule has 1 atom stereocenters. The fraction of sp³-hybridized carbons (Fsp3) is 0.312. The largest absolute Gasteiger partial charge is 0.496 e. The average molecular weight is 315 g/mol. The normalized spacial score (nSPS) is 17.1. The summed E-state index contributed by atoms with van der Waals surface area (Å²) in [5.41, 5.74) is 5.67. The molecular weight excluding hydrogens is 298 g/mol. The summed E-state index contributed by atoms with van der Waals surface area (Å²) in [6.45, 7) is 0.345. The van der Waals surface area contributed by atoms with E-state index in [-0.39, 0.29) is 11.9 Å². The highest BCUT2D eigenvalue weighted by atomic mass is 16.5. The Morgan fingerprint density at radius 2 is 2.30 bits per heavy atom. The Bertz CT molecular complexity index is 775.